The van der Waals surface area contributed by atoms with Gasteiger partial charge in [0.05, 0.1) is 11.3 Å². The van der Waals surface area contributed by atoms with Crippen molar-refractivity contribution in [2.75, 3.05) is 0 Å². The molecule has 0 atom stereocenters. The summed E-state index contributed by atoms with van der Waals surface area (Å²) in [5.41, 5.74) is 3.85. The number of hydrogen-bond donors (Lipinski definition) is 0. The summed E-state index contributed by atoms with van der Waals surface area (Å²) >= 11 is 0. The van der Waals surface area contributed by atoms with E-state index >= 15 is 0 Å². The van der Waals surface area contributed by atoms with E-state index in [0.717, 1.165) is 38.5 Å². The Hall–Kier alpha value is -4.31. The summed E-state index contributed by atoms with van der Waals surface area (Å²) in [6, 6.07) is 38.4. The summed E-state index contributed by atoms with van der Waals surface area (Å²) in [4.78, 5) is 17.7. The van der Waals surface area contributed by atoms with Crippen LogP contribution in [0.5, 0.6) is 0 Å². The molecule has 37 heavy (non-hydrogen) atoms. The van der Waals surface area contributed by atoms with Crippen molar-refractivity contribution in [1.82, 2.24) is 19.9 Å². The van der Waals surface area contributed by atoms with Crippen LogP contribution in [0.3, 0.4) is 0 Å². The van der Waals surface area contributed by atoms with Crippen LogP contribution in [-0.4, -0.2) is 19.9 Å². The van der Waals surface area contributed by atoms with E-state index in [-0.39, 0.29) is 20.1 Å². The Labute approximate surface area is 228 Å². The molecule has 0 amide bonds. The summed E-state index contributed by atoms with van der Waals surface area (Å²) in [7, 11) is 0. The van der Waals surface area contributed by atoms with Crippen LogP contribution in [0.2, 0.25) is 0 Å². The molecular formula is C32H20IrN4-2. The molecule has 5 heteroatoms. The molecule has 0 spiro atoms. The molecule has 0 saturated carbocycles. The number of nitrogens with zero attached hydrogens (tertiary/aromatic N) is 4. The van der Waals surface area contributed by atoms with Crippen molar-refractivity contribution in [3.05, 3.63) is 134 Å². The Morgan fingerprint density at radius 1 is 0.568 bits per heavy atom. The van der Waals surface area contributed by atoms with E-state index in [4.69, 9.17) is 0 Å². The van der Waals surface area contributed by atoms with Crippen LogP contribution in [0.1, 0.15) is 0 Å². The Kier molecular flexibility index (Phi) is 7.36. The molecule has 0 N–H and O–H groups in total. The predicted octanol–water partition coefficient (Wildman–Crippen LogP) is 7.34. The number of fused-ring (bicyclic) bond motifs is 4. The van der Waals surface area contributed by atoms with Gasteiger partial charge < -0.3 is 4.98 Å². The van der Waals surface area contributed by atoms with E-state index in [0.29, 0.717) is 5.82 Å². The Bertz CT molecular complexity index is 1790. The first-order valence-electron chi connectivity index (χ1n) is 11.6. The van der Waals surface area contributed by atoms with Crippen molar-refractivity contribution in [3.63, 3.8) is 0 Å². The van der Waals surface area contributed by atoms with Crippen LogP contribution in [0.4, 0.5) is 0 Å². The average Bonchev–Trinajstić information content (AvgIpc) is 2.98. The minimum absolute atomic E-state index is 0. The largest absolute Gasteiger partial charge is 0.304 e. The van der Waals surface area contributed by atoms with E-state index in [1.165, 1.54) is 10.8 Å². The summed E-state index contributed by atoms with van der Waals surface area (Å²) in [6.07, 6.45) is 7.43. The first kappa shape index (κ1) is 24.4. The van der Waals surface area contributed by atoms with E-state index < -0.39 is 0 Å². The van der Waals surface area contributed by atoms with Gasteiger partial charge in [0.1, 0.15) is 0 Å². The van der Waals surface area contributed by atoms with E-state index in [1.807, 2.05) is 97.5 Å². The van der Waals surface area contributed by atoms with Crippen LogP contribution in [-0.2, 0) is 20.1 Å². The second-order valence-electron chi connectivity index (χ2n) is 8.26. The molecule has 7 rings (SSSR count). The molecule has 0 bridgehead atoms. The molecule has 3 aromatic heterocycles. The molecule has 0 unspecified atom stereocenters. The standard InChI is InChI=1S/C17H10N3.C15H10N.Ir/c1-2-4-12(5-3-1)17-19-11-15-14-8-9-18-10-13(14)6-7-16(15)20-17;1-2-6-12(7-3-1)15-10-13-8-4-5-9-14(13)11-16-15;/h1-4,6-11H;1-6,8-11H;/q2*-1;. The zero-order chi connectivity index (χ0) is 24.2. The maximum Gasteiger partial charge on any atom is 0.0755 e. The summed E-state index contributed by atoms with van der Waals surface area (Å²) in [5, 5.41) is 5.65. The predicted molar refractivity (Wildman–Crippen MR) is 145 cm³/mol. The van der Waals surface area contributed by atoms with Crippen LogP contribution < -0.4 is 0 Å². The summed E-state index contributed by atoms with van der Waals surface area (Å²) in [5.74, 6) is 0.700. The van der Waals surface area contributed by atoms with E-state index in [2.05, 4.69) is 50.3 Å². The molecule has 0 aliphatic rings. The molecule has 4 aromatic carbocycles. The van der Waals surface area contributed by atoms with Crippen LogP contribution in [0, 0.1) is 12.1 Å². The zero-order valence-electron chi connectivity index (χ0n) is 19.7. The maximum atomic E-state index is 4.63. The first-order chi connectivity index (χ1) is 17.8. The fourth-order valence-corrected chi connectivity index (χ4v) is 4.13. The molecule has 4 nitrogen and oxygen atoms in total. The van der Waals surface area contributed by atoms with Gasteiger partial charge in [0.25, 0.3) is 0 Å². The van der Waals surface area contributed by atoms with Gasteiger partial charge in [-0.25, -0.2) is 0 Å². The third-order valence-corrected chi connectivity index (χ3v) is 5.95. The second-order valence-corrected chi connectivity index (χ2v) is 8.26. The van der Waals surface area contributed by atoms with Gasteiger partial charge in [-0.05, 0) is 34.0 Å². The van der Waals surface area contributed by atoms with E-state index in [1.54, 1.807) is 6.20 Å². The number of benzene rings is 4. The molecule has 0 saturated heterocycles. The number of rotatable bonds is 2. The quantitative estimate of drug-likeness (QED) is 0.145. The Balaban J connectivity index is 0.000000151. The van der Waals surface area contributed by atoms with Gasteiger partial charge in [-0.2, -0.15) is 0 Å². The van der Waals surface area contributed by atoms with Crippen molar-refractivity contribution in [3.8, 4) is 22.6 Å². The van der Waals surface area contributed by atoms with Crippen molar-refractivity contribution < 1.29 is 20.1 Å². The molecule has 0 aliphatic carbocycles. The normalized spacial score (nSPS) is 10.5. The summed E-state index contributed by atoms with van der Waals surface area (Å²) < 4.78 is 0. The minimum atomic E-state index is 0. The minimum Gasteiger partial charge on any atom is -0.304 e. The Morgan fingerprint density at radius 2 is 1.32 bits per heavy atom. The zero-order valence-corrected chi connectivity index (χ0v) is 22.1. The number of aromatic nitrogens is 4. The third kappa shape index (κ3) is 5.29. The monoisotopic (exact) mass is 653 g/mol. The number of pyridine rings is 2. The first-order valence-corrected chi connectivity index (χ1v) is 11.6. The maximum absolute atomic E-state index is 4.63. The summed E-state index contributed by atoms with van der Waals surface area (Å²) in [6.45, 7) is 0. The van der Waals surface area contributed by atoms with Crippen LogP contribution in [0.15, 0.2) is 122 Å². The van der Waals surface area contributed by atoms with Gasteiger partial charge in [0, 0.05) is 55.7 Å². The van der Waals surface area contributed by atoms with Crippen LogP contribution >= 0.6 is 0 Å². The van der Waals surface area contributed by atoms with Crippen molar-refractivity contribution >= 4 is 32.4 Å². The topological polar surface area (TPSA) is 51.6 Å². The van der Waals surface area contributed by atoms with E-state index in [9.17, 15) is 0 Å². The molecule has 3 heterocycles. The van der Waals surface area contributed by atoms with Gasteiger partial charge in [0.15, 0.2) is 0 Å². The van der Waals surface area contributed by atoms with Crippen molar-refractivity contribution in [2.24, 2.45) is 0 Å². The third-order valence-electron chi connectivity index (χ3n) is 5.95. The van der Waals surface area contributed by atoms with Gasteiger partial charge in [-0.1, -0.05) is 36.4 Å². The SMILES string of the molecule is [Ir].[c-]1ccccc1-c1cc2ccccc2cn1.[c-]1ccccc1-c1ncc2c(ccc3cnccc32)n1. The molecule has 179 valence electrons. The molecule has 1 radical (unpaired) electrons. The van der Waals surface area contributed by atoms with Crippen molar-refractivity contribution in [2.45, 2.75) is 0 Å². The second kappa shape index (κ2) is 11.2. The molecule has 0 fully saturated rings. The van der Waals surface area contributed by atoms with Gasteiger partial charge in [-0.15, -0.1) is 71.8 Å². The van der Waals surface area contributed by atoms with Gasteiger partial charge >= 0.3 is 0 Å². The van der Waals surface area contributed by atoms with Crippen molar-refractivity contribution in [1.29, 1.82) is 0 Å². The molecular weight excluding hydrogens is 633 g/mol. The fourth-order valence-electron chi connectivity index (χ4n) is 4.13. The smallest absolute Gasteiger partial charge is 0.0755 e. The van der Waals surface area contributed by atoms with Crippen LogP contribution in [0.25, 0.3) is 55.1 Å². The molecule has 0 aliphatic heterocycles. The fraction of sp³-hybridized carbons (Fsp3) is 0. The number of hydrogen-bond acceptors (Lipinski definition) is 4. The van der Waals surface area contributed by atoms with Gasteiger partial charge in [-0.3, -0.25) is 15.0 Å². The van der Waals surface area contributed by atoms with Gasteiger partial charge in [0.2, 0.25) is 0 Å². The molecule has 7 aromatic rings. The Morgan fingerprint density at radius 3 is 2.11 bits per heavy atom. The average molecular weight is 653 g/mol.